The fraction of sp³-hybridized carbons (Fsp3) is 0.800. The van der Waals surface area contributed by atoms with Crippen LogP contribution in [0.5, 0.6) is 0 Å². The maximum atomic E-state index is 11.2. The molecule has 18 heavy (non-hydrogen) atoms. The molecule has 0 radical (unpaired) electrons. The number of anilines is 1. The highest BCUT2D eigenvalue weighted by Gasteiger charge is 2.21. The number of hydrogen-bond acceptors (Lipinski definition) is 6. The van der Waals surface area contributed by atoms with E-state index >= 15 is 0 Å². The van der Waals surface area contributed by atoms with Crippen LogP contribution >= 0.6 is 0 Å². The lowest BCUT2D eigenvalue weighted by Crippen LogP contribution is -2.41. The maximum Gasteiger partial charge on any atom is 0.244 e. The van der Waals surface area contributed by atoms with Crippen molar-refractivity contribution < 1.29 is 8.42 Å². The van der Waals surface area contributed by atoms with E-state index in [9.17, 15) is 8.42 Å². The first-order chi connectivity index (χ1) is 8.48. The molecule has 102 valence electrons. The molecule has 0 aliphatic carbocycles. The molecule has 2 rings (SSSR count). The lowest BCUT2D eigenvalue weighted by Gasteiger charge is -2.30. The molecule has 7 nitrogen and oxygen atoms in total. The Kier molecular flexibility index (Phi) is 3.86. The molecular formula is C10H19N5O2S. The van der Waals surface area contributed by atoms with Crippen molar-refractivity contribution in [1.82, 2.24) is 20.5 Å². The molecule has 0 spiro atoms. The molecule has 1 aliphatic rings. The number of H-pyrrole nitrogens is 1. The Morgan fingerprint density at radius 2 is 2.11 bits per heavy atom. The Hall–Kier alpha value is -1.15. The third-order valence-electron chi connectivity index (χ3n) is 3.10. The van der Waals surface area contributed by atoms with Gasteiger partial charge < -0.3 is 10.2 Å². The average molecular weight is 273 g/mol. The minimum atomic E-state index is -3.07. The fourth-order valence-electron chi connectivity index (χ4n) is 2.11. The summed E-state index contributed by atoms with van der Waals surface area (Å²) in [6.07, 6.45) is 3.28. The van der Waals surface area contributed by atoms with E-state index in [0.717, 1.165) is 25.9 Å². The number of hydrogen-bond donors (Lipinski definition) is 2. The van der Waals surface area contributed by atoms with Crippen molar-refractivity contribution in [1.29, 1.82) is 0 Å². The summed E-state index contributed by atoms with van der Waals surface area (Å²) < 4.78 is 22.3. The molecule has 0 bridgehead atoms. The van der Waals surface area contributed by atoms with Gasteiger partial charge in [-0.15, -0.1) is 5.10 Å². The zero-order valence-corrected chi connectivity index (χ0v) is 11.5. The summed E-state index contributed by atoms with van der Waals surface area (Å²) >= 11 is 0. The molecule has 1 saturated heterocycles. The summed E-state index contributed by atoms with van der Waals surface area (Å²) in [5, 5.41) is 10.0. The van der Waals surface area contributed by atoms with Gasteiger partial charge in [0.05, 0.1) is 0 Å². The van der Waals surface area contributed by atoms with Crippen LogP contribution in [0.2, 0.25) is 0 Å². The van der Waals surface area contributed by atoms with Crippen molar-refractivity contribution in [2.75, 3.05) is 31.3 Å². The third kappa shape index (κ3) is 3.42. The number of sulfone groups is 1. The number of piperidine rings is 1. The van der Waals surface area contributed by atoms with Crippen LogP contribution in [0.1, 0.15) is 18.7 Å². The molecular weight excluding hydrogens is 254 g/mol. The molecule has 0 saturated carbocycles. The Balaban J connectivity index is 1.98. The van der Waals surface area contributed by atoms with Crippen molar-refractivity contribution >= 4 is 15.8 Å². The van der Waals surface area contributed by atoms with E-state index in [-0.39, 0.29) is 5.75 Å². The van der Waals surface area contributed by atoms with E-state index in [1.807, 2.05) is 7.05 Å². The van der Waals surface area contributed by atoms with Crippen LogP contribution in [0.4, 0.5) is 5.95 Å². The number of aromatic nitrogens is 3. The fourth-order valence-corrected chi connectivity index (χ4v) is 2.73. The van der Waals surface area contributed by atoms with E-state index in [4.69, 9.17) is 0 Å². The largest absolute Gasteiger partial charge is 0.339 e. The number of nitrogens with zero attached hydrogens (tertiary/aromatic N) is 3. The zero-order valence-electron chi connectivity index (χ0n) is 10.7. The quantitative estimate of drug-likeness (QED) is 0.771. The Morgan fingerprint density at radius 1 is 1.44 bits per heavy atom. The second-order valence-electron chi connectivity index (χ2n) is 4.70. The first-order valence-corrected chi connectivity index (χ1v) is 8.05. The summed E-state index contributed by atoms with van der Waals surface area (Å²) in [5.74, 6) is 0.916. The van der Waals surface area contributed by atoms with Crippen molar-refractivity contribution in [2.24, 2.45) is 0 Å². The van der Waals surface area contributed by atoms with Crippen LogP contribution in [0, 0.1) is 0 Å². The maximum absolute atomic E-state index is 11.2. The standard InChI is InChI=1S/C10H19N5O2S/c1-11-8-3-5-15(6-4-8)10-12-9(13-14-10)7-18(2,16)17/h8,11H,3-7H2,1-2H3,(H,12,13,14). The van der Waals surface area contributed by atoms with Gasteiger partial charge in [0.25, 0.3) is 0 Å². The van der Waals surface area contributed by atoms with Crippen LogP contribution in [-0.4, -0.2) is 56.0 Å². The zero-order chi connectivity index (χ0) is 13.2. The third-order valence-corrected chi connectivity index (χ3v) is 3.90. The minimum absolute atomic E-state index is 0.0903. The van der Waals surface area contributed by atoms with Crippen molar-refractivity contribution in [3.05, 3.63) is 5.82 Å². The molecule has 0 amide bonds. The molecule has 1 aliphatic heterocycles. The second kappa shape index (κ2) is 5.23. The van der Waals surface area contributed by atoms with E-state index < -0.39 is 9.84 Å². The van der Waals surface area contributed by atoms with Gasteiger partial charge in [0.1, 0.15) is 11.6 Å². The summed E-state index contributed by atoms with van der Waals surface area (Å²) in [6, 6.07) is 0.552. The first-order valence-electron chi connectivity index (χ1n) is 5.99. The van der Waals surface area contributed by atoms with E-state index in [1.54, 1.807) is 0 Å². The SMILES string of the molecule is CNC1CCN(c2n[nH]c(CS(C)(=O)=O)n2)CC1. The summed E-state index contributed by atoms with van der Waals surface area (Å²) in [4.78, 5) is 6.31. The molecule has 8 heteroatoms. The predicted octanol–water partition coefficient (Wildman–Crippen LogP) is -0.462. The number of aromatic amines is 1. The lowest BCUT2D eigenvalue weighted by molar-refractivity contribution is 0.439. The van der Waals surface area contributed by atoms with Gasteiger partial charge in [-0.25, -0.2) is 8.42 Å². The normalized spacial score (nSPS) is 18.2. The molecule has 0 aromatic carbocycles. The van der Waals surface area contributed by atoms with Crippen LogP contribution in [-0.2, 0) is 15.6 Å². The minimum Gasteiger partial charge on any atom is -0.339 e. The highest BCUT2D eigenvalue weighted by molar-refractivity contribution is 7.89. The van der Waals surface area contributed by atoms with Crippen LogP contribution in [0.15, 0.2) is 0 Å². The van der Waals surface area contributed by atoms with Gasteiger partial charge in [-0.1, -0.05) is 0 Å². The van der Waals surface area contributed by atoms with E-state index in [1.165, 1.54) is 6.26 Å². The van der Waals surface area contributed by atoms with Gasteiger partial charge >= 0.3 is 0 Å². The number of rotatable bonds is 4. The van der Waals surface area contributed by atoms with Crippen LogP contribution in [0.3, 0.4) is 0 Å². The van der Waals surface area contributed by atoms with Crippen LogP contribution < -0.4 is 10.2 Å². The number of nitrogens with one attached hydrogen (secondary N) is 2. The van der Waals surface area contributed by atoms with Gasteiger partial charge in [-0.2, -0.15) is 4.98 Å². The summed E-state index contributed by atoms with van der Waals surface area (Å²) in [6.45, 7) is 1.78. The Bertz CT molecular complexity index is 490. The molecule has 0 unspecified atom stereocenters. The molecule has 2 N–H and O–H groups in total. The molecule has 0 atom stereocenters. The van der Waals surface area contributed by atoms with Gasteiger partial charge in [0.2, 0.25) is 5.95 Å². The smallest absolute Gasteiger partial charge is 0.244 e. The highest BCUT2D eigenvalue weighted by atomic mass is 32.2. The monoisotopic (exact) mass is 273 g/mol. The Morgan fingerprint density at radius 3 is 2.67 bits per heavy atom. The van der Waals surface area contributed by atoms with Crippen molar-refractivity contribution in [3.8, 4) is 0 Å². The molecule has 1 fully saturated rings. The molecule has 1 aromatic rings. The van der Waals surface area contributed by atoms with Crippen molar-refractivity contribution in [2.45, 2.75) is 24.6 Å². The second-order valence-corrected chi connectivity index (χ2v) is 6.84. The van der Waals surface area contributed by atoms with Gasteiger partial charge in [-0.05, 0) is 19.9 Å². The Labute approximate surface area is 107 Å². The van der Waals surface area contributed by atoms with E-state index in [2.05, 4.69) is 25.4 Å². The van der Waals surface area contributed by atoms with Gasteiger partial charge in [-0.3, -0.25) is 5.10 Å². The molecule has 2 heterocycles. The average Bonchev–Trinajstić information content (AvgIpc) is 2.75. The van der Waals surface area contributed by atoms with Crippen molar-refractivity contribution in [3.63, 3.8) is 0 Å². The van der Waals surface area contributed by atoms with Gasteiger partial charge in [0.15, 0.2) is 9.84 Å². The van der Waals surface area contributed by atoms with Gasteiger partial charge in [0, 0.05) is 25.4 Å². The molecule has 1 aromatic heterocycles. The van der Waals surface area contributed by atoms with E-state index in [0.29, 0.717) is 17.8 Å². The first kappa shape index (κ1) is 13.3. The predicted molar refractivity (Wildman–Crippen MR) is 69.2 cm³/mol. The summed E-state index contributed by atoms with van der Waals surface area (Å²) in [5.41, 5.74) is 0. The van der Waals surface area contributed by atoms with Crippen LogP contribution in [0.25, 0.3) is 0 Å². The topological polar surface area (TPSA) is 91.0 Å². The highest BCUT2D eigenvalue weighted by Crippen LogP contribution is 2.16. The summed E-state index contributed by atoms with van der Waals surface area (Å²) in [7, 11) is -1.10. The lowest BCUT2D eigenvalue weighted by atomic mass is 10.1.